The van der Waals surface area contributed by atoms with Gasteiger partial charge in [0.2, 0.25) is 0 Å². The van der Waals surface area contributed by atoms with Crippen LogP contribution >= 0.6 is 0 Å². The number of hydrogen-bond donors (Lipinski definition) is 0. The maximum atomic E-state index is 10.9. The molecule has 1 heterocycles. The van der Waals surface area contributed by atoms with Gasteiger partial charge in [-0.2, -0.15) is 0 Å². The second kappa shape index (κ2) is 3.93. The third kappa shape index (κ3) is 2.21. The molecule has 0 N–H and O–H groups in total. The Kier molecular flexibility index (Phi) is 2.89. The van der Waals surface area contributed by atoms with E-state index in [9.17, 15) is 4.79 Å². The van der Waals surface area contributed by atoms with E-state index in [0.717, 1.165) is 0 Å². The monoisotopic (exact) mass is 185 g/mol. The molecule has 5 nitrogen and oxygen atoms in total. The highest BCUT2D eigenvalue weighted by molar-refractivity contribution is 5.72. The summed E-state index contributed by atoms with van der Waals surface area (Å²) in [6, 6.07) is 0. The van der Waals surface area contributed by atoms with Gasteiger partial charge in [0.1, 0.15) is 5.69 Å². The van der Waals surface area contributed by atoms with Gasteiger partial charge in [-0.05, 0) is 0 Å². The lowest BCUT2D eigenvalue weighted by Crippen LogP contribution is -2.05. The number of carbonyl (C=O) groups excluding carboxylic acids is 1. The molecule has 0 aromatic carbocycles. The molecule has 0 aliphatic carbocycles. The van der Waals surface area contributed by atoms with E-state index in [1.165, 1.54) is 14.2 Å². The molecule has 0 bridgehead atoms. The molecule has 0 saturated carbocycles. The van der Waals surface area contributed by atoms with E-state index >= 15 is 0 Å². The van der Waals surface area contributed by atoms with Crippen molar-refractivity contribution in [3.63, 3.8) is 0 Å². The average molecular weight is 185 g/mol. The molecule has 1 aromatic rings. The molecule has 0 unspecified atom stereocenters. The van der Waals surface area contributed by atoms with Gasteiger partial charge < -0.3 is 13.9 Å². The molecular weight excluding hydrogens is 174 g/mol. The van der Waals surface area contributed by atoms with Crippen LogP contribution < -0.4 is 4.74 Å². The Morgan fingerprint density at radius 1 is 1.54 bits per heavy atom. The summed E-state index contributed by atoms with van der Waals surface area (Å²) in [4.78, 5) is 14.9. The number of aryl methyl sites for hydroxylation is 1. The molecule has 1 rings (SSSR count). The van der Waals surface area contributed by atoms with Gasteiger partial charge in [-0.25, -0.2) is 4.98 Å². The molecule has 0 fully saturated rings. The second-order valence-electron chi connectivity index (χ2n) is 2.42. The number of oxazole rings is 1. The van der Waals surface area contributed by atoms with Crippen LogP contribution in [0, 0.1) is 6.92 Å². The van der Waals surface area contributed by atoms with Crippen LogP contribution in [0.2, 0.25) is 0 Å². The summed E-state index contributed by atoms with van der Waals surface area (Å²) >= 11 is 0. The molecule has 72 valence electrons. The van der Waals surface area contributed by atoms with Crippen LogP contribution in [0.4, 0.5) is 0 Å². The van der Waals surface area contributed by atoms with Gasteiger partial charge in [-0.1, -0.05) is 0 Å². The summed E-state index contributed by atoms with van der Waals surface area (Å²) in [7, 11) is 2.78. The van der Waals surface area contributed by atoms with Crippen LogP contribution in [0.5, 0.6) is 5.95 Å². The average Bonchev–Trinajstić information content (AvgIpc) is 2.46. The largest absolute Gasteiger partial charge is 0.469 e. The van der Waals surface area contributed by atoms with E-state index in [-0.39, 0.29) is 18.3 Å². The highest BCUT2D eigenvalue weighted by Crippen LogP contribution is 2.19. The molecule has 0 atom stereocenters. The lowest BCUT2D eigenvalue weighted by Gasteiger charge is -1.97. The number of hydrogen-bond acceptors (Lipinski definition) is 5. The SMILES string of the molecule is COC(=O)Cc1nc(C)oc1OC. The summed E-state index contributed by atoms with van der Waals surface area (Å²) in [5, 5.41) is 0. The zero-order valence-electron chi connectivity index (χ0n) is 7.79. The minimum absolute atomic E-state index is 0.0665. The third-order valence-corrected chi connectivity index (χ3v) is 1.49. The number of esters is 1. The van der Waals surface area contributed by atoms with E-state index in [2.05, 4.69) is 9.72 Å². The highest BCUT2D eigenvalue weighted by atomic mass is 16.6. The number of carbonyl (C=O) groups is 1. The van der Waals surface area contributed by atoms with Gasteiger partial charge in [0, 0.05) is 6.92 Å². The molecule has 1 aromatic heterocycles. The molecule has 13 heavy (non-hydrogen) atoms. The van der Waals surface area contributed by atoms with Gasteiger partial charge in [0.15, 0.2) is 5.89 Å². The molecule has 0 aliphatic rings. The Labute approximate surface area is 75.7 Å². The number of ether oxygens (including phenoxy) is 2. The first-order valence-corrected chi connectivity index (χ1v) is 3.74. The molecule has 0 saturated heterocycles. The normalized spacial score (nSPS) is 9.77. The lowest BCUT2D eigenvalue weighted by atomic mass is 10.3. The van der Waals surface area contributed by atoms with Crippen molar-refractivity contribution in [2.45, 2.75) is 13.3 Å². The van der Waals surface area contributed by atoms with Crippen molar-refractivity contribution < 1.29 is 18.7 Å². The van der Waals surface area contributed by atoms with Gasteiger partial charge >= 0.3 is 11.9 Å². The molecular formula is C8H11NO4. The van der Waals surface area contributed by atoms with Crippen molar-refractivity contribution >= 4 is 5.97 Å². The fraction of sp³-hybridized carbons (Fsp3) is 0.500. The van der Waals surface area contributed by atoms with Gasteiger partial charge in [0.05, 0.1) is 20.6 Å². The quantitative estimate of drug-likeness (QED) is 0.649. The Hall–Kier alpha value is -1.52. The summed E-state index contributed by atoms with van der Waals surface area (Å²) in [6.45, 7) is 1.68. The maximum absolute atomic E-state index is 10.9. The van der Waals surface area contributed by atoms with Crippen molar-refractivity contribution in [1.29, 1.82) is 0 Å². The molecule has 0 amide bonds. The lowest BCUT2D eigenvalue weighted by molar-refractivity contribution is -0.139. The number of aromatic nitrogens is 1. The van der Waals surface area contributed by atoms with Crippen molar-refractivity contribution in [1.82, 2.24) is 4.98 Å². The fourth-order valence-corrected chi connectivity index (χ4v) is 0.932. The number of nitrogens with zero attached hydrogens (tertiary/aromatic N) is 1. The first kappa shape index (κ1) is 9.57. The Bertz CT molecular complexity index is 305. The fourth-order valence-electron chi connectivity index (χ4n) is 0.932. The Balaban J connectivity index is 2.80. The molecule has 0 spiro atoms. The van der Waals surface area contributed by atoms with E-state index < -0.39 is 0 Å². The van der Waals surface area contributed by atoms with Crippen LogP contribution in [0.1, 0.15) is 11.6 Å². The zero-order valence-corrected chi connectivity index (χ0v) is 7.79. The molecule has 5 heteroatoms. The van der Waals surface area contributed by atoms with Gasteiger partial charge in [-0.3, -0.25) is 4.79 Å². The first-order valence-electron chi connectivity index (χ1n) is 3.74. The van der Waals surface area contributed by atoms with E-state index in [1.807, 2.05) is 0 Å². The van der Waals surface area contributed by atoms with Crippen molar-refractivity contribution in [3.05, 3.63) is 11.6 Å². The standard InChI is InChI=1S/C8H11NO4/c1-5-9-6(4-7(10)11-2)8(12-3)13-5/h4H2,1-3H3. The summed E-state index contributed by atoms with van der Waals surface area (Å²) in [5.41, 5.74) is 0.465. The van der Waals surface area contributed by atoms with Crippen molar-refractivity contribution in [3.8, 4) is 5.95 Å². The predicted molar refractivity (Wildman–Crippen MR) is 43.5 cm³/mol. The van der Waals surface area contributed by atoms with E-state index in [1.54, 1.807) is 6.92 Å². The topological polar surface area (TPSA) is 61.6 Å². The Morgan fingerprint density at radius 3 is 2.77 bits per heavy atom. The highest BCUT2D eigenvalue weighted by Gasteiger charge is 2.15. The van der Waals surface area contributed by atoms with Crippen LogP contribution in [0.3, 0.4) is 0 Å². The second-order valence-corrected chi connectivity index (χ2v) is 2.42. The smallest absolute Gasteiger partial charge is 0.311 e. The Morgan fingerprint density at radius 2 is 2.23 bits per heavy atom. The van der Waals surface area contributed by atoms with Crippen molar-refractivity contribution in [2.24, 2.45) is 0 Å². The zero-order chi connectivity index (χ0) is 9.84. The molecule has 0 aliphatic heterocycles. The van der Waals surface area contributed by atoms with Gasteiger partial charge in [0.25, 0.3) is 0 Å². The number of methoxy groups -OCH3 is 2. The first-order chi connectivity index (χ1) is 6.17. The van der Waals surface area contributed by atoms with E-state index in [4.69, 9.17) is 9.15 Å². The van der Waals surface area contributed by atoms with Crippen LogP contribution in [0.15, 0.2) is 4.42 Å². The molecule has 0 radical (unpaired) electrons. The predicted octanol–water partition coefficient (Wildman–Crippen LogP) is 0.707. The van der Waals surface area contributed by atoms with E-state index in [0.29, 0.717) is 11.6 Å². The van der Waals surface area contributed by atoms with Crippen molar-refractivity contribution in [2.75, 3.05) is 14.2 Å². The minimum Gasteiger partial charge on any atom is -0.469 e. The van der Waals surface area contributed by atoms with Crippen LogP contribution in [0.25, 0.3) is 0 Å². The summed E-state index contributed by atoms with van der Waals surface area (Å²) in [6.07, 6.45) is 0.0665. The third-order valence-electron chi connectivity index (χ3n) is 1.49. The van der Waals surface area contributed by atoms with Gasteiger partial charge in [-0.15, -0.1) is 0 Å². The maximum Gasteiger partial charge on any atom is 0.311 e. The number of rotatable bonds is 3. The summed E-state index contributed by atoms with van der Waals surface area (Å²) < 4.78 is 14.4. The summed E-state index contributed by atoms with van der Waals surface area (Å²) in [5.74, 6) is 0.366. The minimum atomic E-state index is -0.369. The van der Waals surface area contributed by atoms with Crippen LogP contribution in [-0.4, -0.2) is 25.2 Å². The van der Waals surface area contributed by atoms with Crippen LogP contribution in [-0.2, 0) is 16.0 Å².